The highest BCUT2D eigenvalue weighted by molar-refractivity contribution is 7.17. The summed E-state index contributed by atoms with van der Waals surface area (Å²) in [6, 6.07) is 0. The molecule has 0 bridgehead atoms. The molecule has 1 saturated heterocycles. The number of carbonyl (C=O) groups is 3. The summed E-state index contributed by atoms with van der Waals surface area (Å²) in [6.07, 6.45) is 0.602. The quantitative estimate of drug-likeness (QED) is 0.370. The minimum atomic E-state index is -0.673. The van der Waals surface area contributed by atoms with Gasteiger partial charge in [0.25, 0.3) is 0 Å². The van der Waals surface area contributed by atoms with Crippen LogP contribution in [0.25, 0.3) is 0 Å². The number of ketones is 1. The number of aromatic amines is 1. The zero-order valence-electron chi connectivity index (χ0n) is 19.4. The Balaban J connectivity index is 1.77. The summed E-state index contributed by atoms with van der Waals surface area (Å²) in [5.74, 6) is -1.48. The number of methoxy groups -OCH3 is 1. The van der Waals surface area contributed by atoms with Gasteiger partial charge in [0.2, 0.25) is 0 Å². The van der Waals surface area contributed by atoms with Crippen molar-refractivity contribution in [3.05, 3.63) is 32.0 Å². The topological polar surface area (TPSA) is 111 Å². The number of aromatic nitrogens is 2. The average molecular weight is 532 g/mol. The maximum Gasteiger partial charge on any atom is 0.358 e. The van der Waals surface area contributed by atoms with Gasteiger partial charge in [-0.1, -0.05) is 34.5 Å². The Morgan fingerprint density at radius 3 is 2.41 bits per heavy atom. The van der Waals surface area contributed by atoms with E-state index in [-0.39, 0.29) is 53.0 Å². The lowest BCUT2D eigenvalue weighted by Crippen LogP contribution is -2.45. The second-order valence-corrected chi connectivity index (χ2v) is 9.50. The van der Waals surface area contributed by atoms with Gasteiger partial charge in [0.15, 0.2) is 16.6 Å². The summed E-state index contributed by atoms with van der Waals surface area (Å²) >= 11 is 13.4. The molecule has 0 aliphatic carbocycles. The molecule has 2 unspecified atom stereocenters. The van der Waals surface area contributed by atoms with Crippen molar-refractivity contribution >= 4 is 57.4 Å². The van der Waals surface area contributed by atoms with E-state index in [1.807, 2.05) is 4.90 Å². The molecule has 186 valence electrons. The van der Waals surface area contributed by atoms with Gasteiger partial charge in [-0.15, -0.1) is 0 Å². The number of esters is 2. The van der Waals surface area contributed by atoms with E-state index in [1.165, 1.54) is 0 Å². The van der Waals surface area contributed by atoms with Crippen LogP contribution in [-0.4, -0.2) is 67.2 Å². The number of piperidine rings is 1. The van der Waals surface area contributed by atoms with E-state index in [9.17, 15) is 14.4 Å². The number of hydrogen-bond acceptors (Lipinski definition) is 9. The van der Waals surface area contributed by atoms with Crippen LogP contribution in [0.5, 0.6) is 0 Å². The first-order chi connectivity index (χ1) is 16.2. The molecule has 0 radical (unpaired) electrons. The van der Waals surface area contributed by atoms with Crippen molar-refractivity contribution in [3.8, 4) is 0 Å². The molecule has 1 aliphatic rings. The summed E-state index contributed by atoms with van der Waals surface area (Å²) in [5.41, 5.74) is 0.895. The maximum absolute atomic E-state index is 12.9. The van der Waals surface area contributed by atoms with Gasteiger partial charge in [0.1, 0.15) is 10.6 Å². The Labute approximate surface area is 211 Å². The van der Waals surface area contributed by atoms with Gasteiger partial charge in [0, 0.05) is 32.3 Å². The number of nitrogens with zero attached hydrogens (tertiary/aromatic N) is 2. The van der Waals surface area contributed by atoms with Gasteiger partial charge >= 0.3 is 11.9 Å². The molecule has 1 fully saturated rings. The lowest BCUT2D eigenvalue weighted by molar-refractivity contribution is 0.0374. The third-order valence-electron chi connectivity index (χ3n) is 5.60. The summed E-state index contributed by atoms with van der Waals surface area (Å²) in [6.45, 7) is 6.46. The number of rotatable bonds is 9. The highest BCUT2D eigenvalue weighted by Gasteiger charge is 2.35. The molecule has 34 heavy (non-hydrogen) atoms. The number of H-pyrrole nitrogens is 1. The summed E-state index contributed by atoms with van der Waals surface area (Å²) in [7, 11) is 1.59. The molecule has 1 aliphatic heterocycles. The molecule has 0 aromatic carbocycles. The van der Waals surface area contributed by atoms with E-state index >= 15 is 0 Å². The van der Waals surface area contributed by atoms with Crippen molar-refractivity contribution in [1.82, 2.24) is 9.97 Å². The van der Waals surface area contributed by atoms with E-state index in [0.29, 0.717) is 41.1 Å². The van der Waals surface area contributed by atoms with E-state index in [4.69, 9.17) is 37.4 Å². The van der Waals surface area contributed by atoms with Gasteiger partial charge in [-0.3, -0.25) is 4.79 Å². The highest BCUT2D eigenvalue weighted by Crippen LogP contribution is 2.35. The molecular weight excluding hydrogens is 505 g/mol. The van der Waals surface area contributed by atoms with Crippen LogP contribution in [0.15, 0.2) is 0 Å². The number of ether oxygens (including phenoxy) is 3. The fraction of sp³-hybridized carbons (Fsp3) is 0.545. The zero-order valence-corrected chi connectivity index (χ0v) is 21.7. The molecule has 2 aromatic rings. The molecule has 0 spiro atoms. The van der Waals surface area contributed by atoms with E-state index in [2.05, 4.69) is 9.97 Å². The van der Waals surface area contributed by atoms with Crippen LogP contribution in [0.1, 0.15) is 63.0 Å². The van der Waals surface area contributed by atoms with Gasteiger partial charge < -0.3 is 24.1 Å². The lowest BCUT2D eigenvalue weighted by atomic mass is 9.88. The number of Topliss-reactive ketones (excluding diaryl/α,β-unsaturated/α-hetero) is 1. The maximum atomic E-state index is 12.9. The van der Waals surface area contributed by atoms with E-state index < -0.39 is 11.9 Å². The highest BCUT2D eigenvalue weighted by atomic mass is 35.5. The Morgan fingerprint density at radius 1 is 1.15 bits per heavy atom. The predicted octanol–water partition coefficient (Wildman–Crippen LogP) is 4.55. The van der Waals surface area contributed by atoms with Crippen LogP contribution in [0, 0.1) is 12.8 Å². The second kappa shape index (κ2) is 11.5. The van der Waals surface area contributed by atoms with Crippen molar-refractivity contribution < 1.29 is 28.6 Å². The fourth-order valence-corrected chi connectivity index (χ4v) is 5.28. The number of nitrogens with one attached hydrogen (secondary N) is 1. The molecule has 1 N–H and O–H groups in total. The Morgan fingerprint density at radius 2 is 1.82 bits per heavy atom. The van der Waals surface area contributed by atoms with Gasteiger partial charge in [-0.2, -0.15) is 0 Å². The third kappa shape index (κ3) is 5.56. The van der Waals surface area contributed by atoms with Crippen LogP contribution in [0.4, 0.5) is 5.13 Å². The minimum Gasteiger partial charge on any atom is -0.462 e. The van der Waals surface area contributed by atoms with Crippen molar-refractivity contribution in [1.29, 1.82) is 0 Å². The molecule has 0 amide bonds. The number of aryl methyl sites for hydroxylation is 1. The molecule has 3 heterocycles. The predicted molar refractivity (Wildman–Crippen MR) is 130 cm³/mol. The smallest absolute Gasteiger partial charge is 0.358 e. The molecular formula is C22H27Cl2N3O6S. The molecule has 12 heteroatoms. The molecule has 2 aromatic heterocycles. The largest absolute Gasteiger partial charge is 0.462 e. The monoisotopic (exact) mass is 531 g/mol. The first-order valence-electron chi connectivity index (χ1n) is 10.9. The summed E-state index contributed by atoms with van der Waals surface area (Å²) in [5, 5.41) is 1.07. The lowest BCUT2D eigenvalue weighted by Gasteiger charge is -2.37. The van der Waals surface area contributed by atoms with E-state index in [1.54, 1.807) is 27.9 Å². The molecule has 3 rings (SSSR count). The Hall–Kier alpha value is -2.14. The minimum absolute atomic E-state index is 0.0544. The van der Waals surface area contributed by atoms with E-state index in [0.717, 1.165) is 11.3 Å². The first-order valence-corrected chi connectivity index (χ1v) is 12.5. The Kier molecular flexibility index (Phi) is 8.97. The SMILES string of the molecule is CCOC(=O)c1nc(N2CCC(CC(=O)c3[nH]c(C)c(Cl)c3Cl)C(OC)C2)sc1C(=O)OCC. The second-order valence-electron chi connectivity index (χ2n) is 7.76. The van der Waals surface area contributed by atoms with Gasteiger partial charge in [0.05, 0.1) is 29.4 Å². The van der Waals surface area contributed by atoms with Crippen molar-refractivity contribution in [2.24, 2.45) is 5.92 Å². The average Bonchev–Trinajstić information content (AvgIpc) is 3.37. The van der Waals surface area contributed by atoms with Crippen molar-refractivity contribution in [3.63, 3.8) is 0 Å². The standard InChI is InChI=1S/C22H27Cl2N3O6S/c1-5-32-20(29)18-19(21(30)33-6-2)34-22(26-18)27-8-7-12(14(10-27)31-4)9-13(28)17-16(24)15(23)11(3)25-17/h12,14,25H,5-10H2,1-4H3. The van der Waals surface area contributed by atoms with Gasteiger partial charge in [-0.25, -0.2) is 14.6 Å². The number of thiazole rings is 1. The fourth-order valence-electron chi connectivity index (χ4n) is 3.86. The number of halogens is 2. The van der Waals surface area contributed by atoms with Crippen LogP contribution in [-0.2, 0) is 14.2 Å². The van der Waals surface area contributed by atoms with Crippen LogP contribution in [0.3, 0.4) is 0 Å². The normalized spacial score (nSPS) is 18.1. The summed E-state index contributed by atoms with van der Waals surface area (Å²) in [4.78, 5) is 47.0. The molecule has 9 nitrogen and oxygen atoms in total. The zero-order chi connectivity index (χ0) is 25.0. The van der Waals surface area contributed by atoms with Crippen LogP contribution < -0.4 is 4.90 Å². The number of carbonyl (C=O) groups excluding carboxylic acids is 3. The molecule has 2 atom stereocenters. The Bertz CT molecular complexity index is 1030. The molecule has 0 saturated carbocycles. The van der Waals surface area contributed by atoms with Crippen LogP contribution >= 0.6 is 34.5 Å². The van der Waals surface area contributed by atoms with Gasteiger partial charge in [-0.05, 0) is 33.1 Å². The number of anilines is 1. The first kappa shape index (κ1) is 26.5. The van der Waals surface area contributed by atoms with Crippen molar-refractivity contribution in [2.75, 3.05) is 38.3 Å². The van der Waals surface area contributed by atoms with Crippen molar-refractivity contribution in [2.45, 2.75) is 39.7 Å². The third-order valence-corrected chi connectivity index (χ3v) is 7.64. The van der Waals surface area contributed by atoms with Crippen LogP contribution in [0.2, 0.25) is 10.0 Å². The summed E-state index contributed by atoms with van der Waals surface area (Å²) < 4.78 is 15.8. The number of hydrogen-bond donors (Lipinski definition) is 1.